The van der Waals surface area contributed by atoms with Gasteiger partial charge in [-0.05, 0) is 51.2 Å². The number of aliphatic imine (C=N–C) groups is 1. The molecule has 1 saturated heterocycles. The number of nitrogens with one attached hydrogen (secondary N) is 1. The maximum Gasteiger partial charge on any atom is 0.193 e. The van der Waals surface area contributed by atoms with Gasteiger partial charge in [-0.25, -0.2) is 4.99 Å². The van der Waals surface area contributed by atoms with Crippen molar-refractivity contribution in [2.75, 3.05) is 39.9 Å². The summed E-state index contributed by atoms with van der Waals surface area (Å²) in [5.74, 6) is 2.39. The molecule has 1 fully saturated rings. The van der Waals surface area contributed by atoms with Crippen molar-refractivity contribution in [2.24, 2.45) is 10.9 Å². The van der Waals surface area contributed by atoms with Crippen molar-refractivity contribution in [3.63, 3.8) is 0 Å². The van der Waals surface area contributed by atoms with Crippen LogP contribution in [0.1, 0.15) is 33.1 Å². The second-order valence-electron chi connectivity index (χ2n) is 6.82. The Balaban J connectivity index is 1.84. The number of halogens is 1. The molecule has 146 valence electrons. The van der Waals surface area contributed by atoms with Gasteiger partial charge in [0.1, 0.15) is 11.9 Å². The third kappa shape index (κ3) is 7.04. The number of nitrogens with zero attached hydrogens (tertiary/aromatic N) is 2. The molecular weight excluding hydrogens is 350 g/mol. The van der Waals surface area contributed by atoms with E-state index in [1.807, 2.05) is 31.2 Å². The molecule has 0 amide bonds. The third-order valence-corrected chi connectivity index (χ3v) is 4.89. The number of ether oxygens (including phenoxy) is 2. The molecule has 0 aromatic heterocycles. The van der Waals surface area contributed by atoms with Crippen molar-refractivity contribution >= 4 is 17.6 Å². The first-order valence-electron chi connectivity index (χ1n) is 9.58. The van der Waals surface area contributed by atoms with E-state index in [2.05, 4.69) is 24.2 Å². The second-order valence-corrected chi connectivity index (χ2v) is 7.23. The zero-order valence-electron chi connectivity index (χ0n) is 16.2. The zero-order chi connectivity index (χ0) is 18.8. The van der Waals surface area contributed by atoms with E-state index in [9.17, 15) is 0 Å². The van der Waals surface area contributed by atoms with Gasteiger partial charge in [0.2, 0.25) is 0 Å². The Bertz CT molecular complexity index is 562. The minimum Gasteiger partial charge on any atom is -0.487 e. The molecule has 1 aliphatic heterocycles. The van der Waals surface area contributed by atoms with Gasteiger partial charge in [0.05, 0.1) is 11.6 Å². The van der Waals surface area contributed by atoms with Crippen molar-refractivity contribution in [1.29, 1.82) is 0 Å². The zero-order valence-corrected chi connectivity index (χ0v) is 17.0. The fourth-order valence-electron chi connectivity index (χ4n) is 3.00. The average molecular weight is 382 g/mol. The molecule has 5 nitrogen and oxygen atoms in total. The first-order valence-corrected chi connectivity index (χ1v) is 9.96. The van der Waals surface area contributed by atoms with E-state index in [-0.39, 0.29) is 6.10 Å². The van der Waals surface area contributed by atoms with E-state index in [1.165, 1.54) is 19.3 Å². The van der Waals surface area contributed by atoms with Gasteiger partial charge in [0.15, 0.2) is 5.96 Å². The summed E-state index contributed by atoms with van der Waals surface area (Å²) >= 11 is 6.16. The minimum atomic E-state index is -0.0487. The van der Waals surface area contributed by atoms with E-state index in [4.69, 9.17) is 26.1 Å². The van der Waals surface area contributed by atoms with Gasteiger partial charge in [-0.3, -0.25) is 0 Å². The molecule has 26 heavy (non-hydrogen) atoms. The molecular formula is C20H32ClN3O2. The van der Waals surface area contributed by atoms with Gasteiger partial charge in [-0.15, -0.1) is 0 Å². The van der Waals surface area contributed by atoms with Crippen molar-refractivity contribution < 1.29 is 9.47 Å². The molecule has 0 bridgehead atoms. The molecule has 1 heterocycles. The number of rotatable bonds is 8. The predicted molar refractivity (Wildman–Crippen MR) is 108 cm³/mol. The standard InChI is InChI=1S/C20H32ClN3O2/c1-4-22-20(24(3)12-9-17-10-13-25-14-11-17)23-15-16(2)26-19-8-6-5-7-18(19)21/h5-8,16-17H,4,9-15H2,1-3H3,(H,22,23). The van der Waals surface area contributed by atoms with Crippen LogP contribution in [0.2, 0.25) is 5.02 Å². The fraction of sp³-hybridized carbons (Fsp3) is 0.650. The van der Waals surface area contributed by atoms with Crippen LogP contribution in [0.25, 0.3) is 0 Å². The van der Waals surface area contributed by atoms with E-state index in [0.29, 0.717) is 17.3 Å². The molecule has 6 heteroatoms. The van der Waals surface area contributed by atoms with Crippen LogP contribution in [0.5, 0.6) is 5.75 Å². The Morgan fingerprint density at radius 3 is 2.81 bits per heavy atom. The molecule has 1 atom stereocenters. The molecule has 2 rings (SSSR count). The highest BCUT2D eigenvalue weighted by Gasteiger charge is 2.15. The van der Waals surface area contributed by atoms with Crippen LogP contribution in [0.3, 0.4) is 0 Å². The number of guanidine groups is 1. The summed E-state index contributed by atoms with van der Waals surface area (Å²) in [4.78, 5) is 6.95. The highest BCUT2D eigenvalue weighted by Crippen LogP contribution is 2.24. The Labute approximate surface area is 162 Å². The summed E-state index contributed by atoms with van der Waals surface area (Å²) in [5.41, 5.74) is 0. The maximum atomic E-state index is 6.16. The van der Waals surface area contributed by atoms with Crippen LogP contribution in [0.15, 0.2) is 29.3 Å². The Morgan fingerprint density at radius 2 is 2.12 bits per heavy atom. The molecule has 0 spiro atoms. The summed E-state index contributed by atoms with van der Waals surface area (Å²) in [6.07, 6.45) is 3.47. The first kappa shape index (κ1) is 20.8. The lowest BCUT2D eigenvalue weighted by Crippen LogP contribution is -2.40. The average Bonchev–Trinajstić information content (AvgIpc) is 2.66. The minimum absolute atomic E-state index is 0.0487. The molecule has 1 unspecified atom stereocenters. The highest BCUT2D eigenvalue weighted by atomic mass is 35.5. The van der Waals surface area contributed by atoms with Crippen LogP contribution >= 0.6 is 11.6 Å². The molecule has 1 aliphatic rings. The molecule has 1 aromatic rings. The molecule has 0 radical (unpaired) electrons. The van der Waals surface area contributed by atoms with Crippen LogP contribution in [-0.2, 0) is 4.74 Å². The van der Waals surface area contributed by atoms with Gasteiger partial charge in [-0.2, -0.15) is 0 Å². The summed E-state index contributed by atoms with van der Waals surface area (Å²) in [6.45, 7) is 8.33. The highest BCUT2D eigenvalue weighted by molar-refractivity contribution is 6.32. The van der Waals surface area contributed by atoms with Crippen molar-refractivity contribution in [3.05, 3.63) is 29.3 Å². The molecule has 1 aromatic carbocycles. The van der Waals surface area contributed by atoms with E-state index in [1.54, 1.807) is 0 Å². The second kappa shape index (κ2) is 11.3. The summed E-state index contributed by atoms with van der Waals surface area (Å²) < 4.78 is 11.4. The lowest BCUT2D eigenvalue weighted by Gasteiger charge is -2.27. The largest absolute Gasteiger partial charge is 0.487 e. The summed E-state index contributed by atoms with van der Waals surface area (Å²) in [7, 11) is 2.10. The van der Waals surface area contributed by atoms with Crippen LogP contribution < -0.4 is 10.1 Å². The fourth-order valence-corrected chi connectivity index (χ4v) is 3.18. The van der Waals surface area contributed by atoms with Gasteiger partial charge in [-0.1, -0.05) is 23.7 Å². The number of hydrogen-bond acceptors (Lipinski definition) is 3. The summed E-state index contributed by atoms with van der Waals surface area (Å²) in [6, 6.07) is 7.54. The van der Waals surface area contributed by atoms with Crippen LogP contribution in [-0.4, -0.2) is 56.9 Å². The normalized spacial score (nSPS) is 17.0. The van der Waals surface area contributed by atoms with Crippen LogP contribution in [0, 0.1) is 5.92 Å². The monoisotopic (exact) mass is 381 g/mol. The molecule has 1 N–H and O–H groups in total. The quantitative estimate of drug-likeness (QED) is 0.549. The summed E-state index contributed by atoms with van der Waals surface area (Å²) in [5, 5.41) is 4.00. The van der Waals surface area contributed by atoms with Gasteiger partial charge in [0.25, 0.3) is 0 Å². The van der Waals surface area contributed by atoms with Crippen molar-refractivity contribution in [3.8, 4) is 5.75 Å². The smallest absolute Gasteiger partial charge is 0.193 e. The lowest BCUT2D eigenvalue weighted by atomic mass is 9.96. The molecule has 0 saturated carbocycles. The van der Waals surface area contributed by atoms with Crippen molar-refractivity contribution in [2.45, 2.75) is 39.2 Å². The topological polar surface area (TPSA) is 46.1 Å². The van der Waals surface area contributed by atoms with Crippen LogP contribution in [0.4, 0.5) is 0 Å². The number of hydrogen-bond donors (Lipinski definition) is 1. The maximum absolute atomic E-state index is 6.16. The van der Waals surface area contributed by atoms with Gasteiger partial charge >= 0.3 is 0 Å². The van der Waals surface area contributed by atoms with E-state index >= 15 is 0 Å². The van der Waals surface area contributed by atoms with Crippen molar-refractivity contribution in [1.82, 2.24) is 10.2 Å². The predicted octanol–water partition coefficient (Wildman–Crippen LogP) is 3.82. The first-order chi connectivity index (χ1) is 12.6. The number of para-hydroxylation sites is 1. The number of benzene rings is 1. The van der Waals surface area contributed by atoms with Gasteiger partial charge in [0, 0.05) is 33.4 Å². The third-order valence-electron chi connectivity index (χ3n) is 4.57. The SMILES string of the molecule is CCNC(=NCC(C)Oc1ccccc1Cl)N(C)CCC1CCOCC1. The molecule has 0 aliphatic carbocycles. The van der Waals surface area contributed by atoms with E-state index < -0.39 is 0 Å². The van der Waals surface area contributed by atoms with Gasteiger partial charge < -0.3 is 19.7 Å². The Morgan fingerprint density at radius 1 is 1.38 bits per heavy atom. The van der Waals surface area contributed by atoms with E-state index in [0.717, 1.165) is 38.2 Å². The lowest BCUT2D eigenvalue weighted by molar-refractivity contribution is 0.0625. The Kier molecular flexibility index (Phi) is 9.06. The Hall–Kier alpha value is -1.46.